The van der Waals surface area contributed by atoms with Crippen LogP contribution >= 0.6 is 0 Å². The second-order valence-electron chi connectivity index (χ2n) is 5.32. The molecule has 3 rings (SSSR count). The first-order valence-electron chi connectivity index (χ1n) is 7.02. The molecule has 0 radical (unpaired) electrons. The number of nitrogens with zero attached hydrogens (tertiary/aromatic N) is 1. The highest BCUT2D eigenvalue weighted by atomic mass is 16.4. The summed E-state index contributed by atoms with van der Waals surface area (Å²) in [6, 6.07) is 11.4. The Labute approximate surface area is 128 Å². The van der Waals surface area contributed by atoms with Crippen LogP contribution in [0.25, 0.3) is 23.2 Å². The van der Waals surface area contributed by atoms with E-state index in [0.29, 0.717) is 11.3 Å². The predicted octanol–water partition coefficient (Wildman–Crippen LogP) is 4.05. The summed E-state index contributed by atoms with van der Waals surface area (Å²) in [4.78, 5) is 18.7. The predicted molar refractivity (Wildman–Crippen MR) is 87.9 cm³/mol. The van der Waals surface area contributed by atoms with Gasteiger partial charge in [-0.3, -0.25) is 0 Å². The zero-order valence-corrected chi connectivity index (χ0v) is 12.4. The monoisotopic (exact) mass is 292 g/mol. The summed E-state index contributed by atoms with van der Waals surface area (Å²) in [7, 11) is 0. The lowest BCUT2D eigenvalue weighted by molar-refractivity contribution is 0.0699. The molecule has 4 heteroatoms. The van der Waals surface area contributed by atoms with Gasteiger partial charge in [0.05, 0.1) is 11.1 Å². The molecule has 22 heavy (non-hydrogen) atoms. The number of carbonyl (C=O) groups is 1. The number of aryl methyl sites for hydroxylation is 2. The molecule has 0 aliphatic rings. The second kappa shape index (κ2) is 5.48. The van der Waals surface area contributed by atoms with Crippen LogP contribution in [0.5, 0.6) is 0 Å². The Kier molecular flexibility index (Phi) is 3.51. The largest absolute Gasteiger partial charge is 0.478 e. The molecule has 0 amide bonds. The third-order valence-electron chi connectivity index (χ3n) is 3.62. The van der Waals surface area contributed by atoms with Gasteiger partial charge in [-0.25, -0.2) is 9.78 Å². The van der Waals surface area contributed by atoms with Crippen LogP contribution in [0.4, 0.5) is 0 Å². The molecule has 0 fully saturated rings. The van der Waals surface area contributed by atoms with Gasteiger partial charge in [0.25, 0.3) is 0 Å². The first-order chi connectivity index (χ1) is 10.5. The molecule has 4 nitrogen and oxygen atoms in total. The Morgan fingerprint density at radius 3 is 2.77 bits per heavy atom. The van der Waals surface area contributed by atoms with E-state index in [2.05, 4.69) is 42.0 Å². The summed E-state index contributed by atoms with van der Waals surface area (Å²) < 4.78 is 0. The molecule has 2 aromatic carbocycles. The number of nitrogens with one attached hydrogen (secondary N) is 1. The molecule has 0 saturated heterocycles. The van der Waals surface area contributed by atoms with E-state index in [-0.39, 0.29) is 5.56 Å². The first kappa shape index (κ1) is 14.1. The topological polar surface area (TPSA) is 66.0 Å². The van der Waals surface area contributed by atoms with Crippen LogP contribution < -0.4 is 0 Å². The summed E-state index contributed by atoms with van der Waals surface area (Å²) in [5.74, 6) is -0.327. The molecule has 0 bridgehead atoms. The van der Waals surface area contributed by atoms with Crippen LogP contribution in [0.2, 0.25) is 0 Å². The highest BCUT2D eigenvalue weighted by molar-refractivity contribution is 6.01. The number of hydrogen-bond acceptors (Lipinski definition) is 2. The fourth-order valence-electron chi connectivity index (χ4n) is 2.41. The van der Waals surface area contributed by atoms with Gasteiger partial charge in [-0.2, -0.15) is 0 Å². The number of benzene rings is 2. The van der Waals surface area contributed by atoms with E-state index in [1.54, 1.807) is 12.1 Å². The average Bonchev–Trinajstić information content (AvgIpc) is 2.90. The van der Waals surface area contributed by atoms with Gasteiger partial charge in [0.2, 0.25) is 0 Å². The van der Waals surface area contributed by atoms with Gasteiger partial charge in [-0.15, -0.1) is 0 Å². The number of carboxylic acids is 1. The van der Waals surface area contributed by atoms with Gasteiger partial charge in [-0.1, -0.05) is 35.9 Å². The lowest BCUT2D eigenvalue weighted by atomic mass is 10.1. The highest BCUT2D eigenvalue weighted by Gasteiger charge is 2.11. The van der Waals surface area contributed by atoms with Crippen LogP contribution in [0.1, 0.15) is 32.9 Å². The lowest BCUT2D eigenvalue weighted by Gasteiger charge is -2.00. The van der Waals surface area contributed by atoms with Crippen LogP contribution in [0, 0.1) is 13.8 Å². The van der Waals surface area contributed by atoms with Gasteiger partial charge < -0.3 is 10.1 Å². The molecule has 0 aliphatic heterocycles. The number of para-hydroxylation sites is 1. The number of aromatic carboxylic acids is 1. The minimum Gasteiger partial charge on any atom is -0.478 e. The summed E-state index contributed by atoms with van der Waals surface area (Å²) in [5, 5.41) is 9.20. The maximum Gasteiger partial charge on any atom is 0.337 e. The van der Waals surface area contributed by atoms with Crippen molar-refractivity contribution >= 4 is 29.2 Å². The molecule has 0 saturated carbocycles. The van der Waals surface area contributed by atoms with Gasteiger partial charge in [0, 0.05) is 0 Å². The number of carboxylic acid groups (broad SMARTS) is 1. The molecule has 0 unspecified atom stereocenters. The summed E-state index contributed by atoms with van der Waals surface area (Å²) >= 11 is 0. The van der Waals surface area contributed by atoms with Crippen molar-refractivity contribution in [2.45, 2.75) is 13.8 Å². The third kappa shape index (κ3) is 2.63. The van der Waals surface area contributed by atoms with Crippen LogP contribution in [-0.4, -0.2) is 21.0 Å². The van der Waals surface area contributed by atoms with Crippen molar-refractivity contribution in [2.24, 2.45) is 0 Å². The SMILES string of the molecule is Cc1ccc(C)c(/C=C/c2nc3c(C(=O)O)cccc3[nH]2)c1. The molecule has 0 spiro atoms. The minimum absolute atomic E-state index is 0.208. The Balaban J connectivity index is 2.01. The van der Waals surface area contributed by atoms with Crippen molar-refractivity contribution in [3.63, 3.8) is 0 Å². The number of hydrogen-bond donors (Lipinski definition) is 2. The number of rotatable bonds is 3. The van der Waals surface area contributed by atoms with E-state index in [4.69, 9.17) is 0 Å². The van der Waals surface area contributed by atoms with E-state index in [0.717, 1.165) is 11.1 Å². The molecule has 0 aliphatic carbocycles. The van der Waals surface area contributed by atoms with E-state index in [1.165, 1.54) is 11.1 Å². The van der Waals surface area contributed by atoms with E-state index in [1.807, 2.05) is 18.2 Å². The van der Waals surface area contributed by atoms with Crippen molar-refractivity contribution in [3.05, 3.63) is 64.5 Å². The molecule has 1 aromatic heterocycles. The minimum atomic E-state index is -0.970. The number of imidazole rings is 1. The number of fused-ring (bicyclic) bond motifs is 1. The number of H-pyrrole nitrogens is 1. The Morgan fingerprint density at radius 1 is 1.18 bits per heavy atom. The van der Waals surface area contributed by atoms with Crippen LogP contribution in [0.3, 0.4) is 0 Å². The van der Waals surface area contributed by atoms with Crippen LogP contribution in [0.15, 0.2) is 36.4 Å². The average molecular weight is 292 g/mol. The third-order valence-corrected chi connectivity index (χ3v) is 3.62. The van der Waals surface area contributed by atoms with Gasteiger partial charge in [0.15, 0.2) is 0 Å². The van der Waals surface area contributed by atoms with Crippen molar-refractivity contribution in [3.8, 4) is 0 Å². The Bertz CT molecular complexity index is 891. The normalized spacial score (nSPS) is 11.4. The van der Waals surface area contributed by atoms with Crippen molar-refractivity contribution < 1.29 is 9.90 Å². The van der Waals surface area contributed by atoms with Crippen molar-refractivity contribution in [2.75, 3.05) is 0 Å². The fourth-order valence-corrected chi connectivity index (χ4v) is 2.41. The summed E-state index contributed by atoms with van der Waals surface area (Å²) in [6.45, 7) is 4.11. The second-order valence-corrected chi connectivity index (χ2v) is 5.32. The standard InChI is InChI=1S/C18H16N2O2/c1-11-6-7-12(2)13(10-11)8-9-16-19-15-5-3-4-14(18(21)22)17(15)20-16/h3-10H,1-2H3,(H,19,20)(H,21,22)/b9-8+. The molecule has 2 N–H and O–H groups in total. The van der Waals surface area contributed by atoms with Crippen molar-refractivity contribution in [1.82, 2.24) is 9.97 Å². The first-order valence-corrected chi connectivity index (χ1v) is 7.02. The van der Waals surface area contributed by atoms with E-state index < -0.39 is 5.97 Å². The van der Waals surface area contributed by atoms with Crippen molar-refractivity contribution in [1.29, 1.82) is 0 Å². The molecule has 1 heterocycles. The maximum atomic E-state index is 11.2. The zero-order valence-electron chi connectivity index (χ0n) is 12.4. The number of aromatic amines is 1. The molecular formula is C18H16N2O2. The molecule has 110 valence electrons. The zero-order chi connectivity index (χ0) is 15.7. The maximum absolute atomic E-state index is 11.2. The van der Waals surface area contributed by atoms with Gasteiger partial charge in [-0.05, 0) is 43.2 Å². The fraction of sp³-hybridized carbons (Fsp3) is 0.111. The van der Waals surface area contributed by atoms with E-state index in [9.17, 15) is 9.90 Å². The summed E-state index contributed by atoms with van der Waals surface area (Å²) in [5.41, 5.74) is 4.92. The number of aromatic nitrogens is 2. The Morgan fingerprint density at radius 2 is 2.00 bits per heavy atom. The lowest BCUT2D eigenvalue weighted by Crippen LogP contribution is -1.96. The molecular weight excluding hydrogens is 276 g/mol. The molecule has 3 aromatic rings. The van der Waals surface area contributed by atoms with Gasteiger partial charge >= 0.3 is 5.97 Å². The Hall–Kier alpha value is -2.88. The smallest absolute Gasteiger partial charge is 0.337 e. The van der Waals surface area contributed by atoms with E-state index >= 15 is 0 Å². The quantitative estimate of drug-likeness (QED) is 0.765. The summed E-state index contributed by atoms with van der Waals surface area (Å²) in [6.07, 6.45) is 3.86. The molecule has 0 atom stereocenters. The van der Waals surface area contributed by atoms with Gasteiger partial charge in [0.1, 0.15) is 11.3 Å². The van der Waals surface area contributed by atoms with Crippen LogP contribution in [-0.2, 0) is 0 Å². The highest BCUT2D eigenvalue weighted by Crippen LogP contribution is 2.19.